The van der Waals surface area contributed by atoms with Crippen LogP contribution in [0.1, 0.15) is 62.3 Å². The molecular formula is C37H37N3O3. The number of benzene rings is 4. The van der Waals surface area contributed by atoms with Gasteiger partial charge in [-0.15, -0.1) is 0 Å². The smallest absolute Gasteiger partial charge is 0.292 e. The summed E-state index contributed by atoms with van der Waals surface area (Å²) in [7, 11) is 0. The fourth-order valence-electron chi connectivity index (χ4n) is 7.55. The summed E-state index contributed by atoms with van der Waals surface area (Å²) in [6.45, 7) is 5.89. The van der Waals surface area contributed by atoms with Crippen molar-refractivity contribution < 1.29 is 9.72 Å². The molecule has 0 saturated carbocycles. The molecule has 4 aromatic rings. The summed E-state index contributed by atoms with van der Waals surface area (Å²) in [6.07, 6.45) is 4.29. The third kappa shape index (κ3) is 5.09. The predicted octanol–water partition coefficient (Wildman–Crippen LogP) is 8.52. The molecule has 6 heteroatoms. The number of hydrogen-bond acceptors (Lipinski definition) is 5. The molecule has 0 radical (unpaired) electrons. The minimum absolute atomic E-state index is 0.107. The van der Waals surface area contributed by atoms with Crippen molar-refractivity contribution in [1.82, 2.24) is 0 Å². The first kappa shape index (κ1) is 27.4. The molecule has 0 amide bonds. The van der Waals surface area contributed by atoms with Crippen LogP contribution in [-0.4, -0.2) is 23.8 Å². The van der Waals surface area contributed by atoms with Gasteiger partial charge < -0.3 is 10.2 Å². The van der Waals surface area contributed by atoms with Crippen molar-refractivity contribution in [3.8, 4) is 0 Å². The molecule has 1 fully saturated rings. The van der Waals surface area contributed by atoms with Crippen LogP contribution in [0, 0.1) is 21.4 Å². The Morgan fingerprint density at radius 1 is 0.930 bits per heavy atom. The van der Waals surface area contributed by atoms with E-state index >= 15 is 0 Å². The monoisotopic (exact) mass is 571 g/mol. The third-order valence-corrected chi connectivity index (χ3v) is 9.59. The molecule has 2 heterocycles. The van der Waals surface area contributed by atoms with Gasteiger partial charge in [-0.1, -0.05) is 80.6 Å². The molecule has 1 atom stereocenters. The van der Waals surface area contributed by atoms with E-state index in [0.717, 1.165) is 77.5 Å². The first-order valence-electron chi connectivity index (χ1n) is 15.4. The Bertz CT molecular complexity index is 1770. The van der Waals surface area contributed by atoms with Gasteiger partial charge in [-0.05, 0) is 76.6 Å². The Morgan fingerprint density at radius 2 is 1.67 bits per heavy atom. The summed E-state index contributed by atoms with van der Waals surface area (Å²) < 4.78 is 0. The van der Waals surface area contributed by atoms with Crippen LogP contribution in [0.5, 0.6) is 0 Å². The minimum Gasteiger partial charge on any atom is -0.373 e. The highest BCUT2D eigenvalue weighted by Gasteiger charge is 2.41. The molecule has 2 aliphatic heterocycles. The van der Waals surface area contributed by atoms with Crippen molar-refractivity contribution in [2.45, 2.75) is 52.0 Å². The second-order valence-electron chi connectivity index (χ2n) is 13.2. The van der Waals surface area contributed by atoms with Gasteiger partial charge in [0.15, 0.2) is 5.78 Å². The Balaban J connectivity index is 1.23. The molecule has 1 unspecified atom stereocenters. The molecule has 0 bridgehead atoms. The number of carbonyl (C=O) groups is 1. The number of nitro groups is 1. The van der Waals surface area contributed by atoms with E-state index in [-0.39, 0.29) is 21.8 Å². The Morgan fingerprint density at radius 3 is 2.44 bits per heavy atom. The van der Waals surface area contributed by atoms with Crippen LogP contribution in [0.15, 0.2) is 90.5 Å². The molecule has 1 N–H and O–H groups in total. The van der Waals surface area contributed by atoms with Crippen molar-refractivity contribution in [3.63, 3.8) is 0 Å². The summed E-state index contributed by atoms with van der Waals surface area (Å²) in [5.41, 5.74) is 6.62. The van der Waals surface area contributed by atoms with Crippen molar-refractivity contribution >= 4 is 39.2 Å². The molecule has 218 valence electrons. The second-order valence-corrected chi connectivity index (χ2v) is 13.2. The van der Waals surface area contributed by atoms with Crippen LogP contribution in [0.25, 0.3) is 16.3 Å². The number of anilines is 2. The van der Waals surface area contributed by atoms with Crippen molar-refractivity contribution in [3.05, 3.63) is 117 Å². The van der Waals surface area contributed by atoms with E-state index in [1.807, 2.05) is 30.3 Å². The predicted molar refractivity (Wildman–Crippen MR) is 173 cm³/mol. The van der Waals surface area contributed by atoms with E-state index in [9.17, 15) is 14.9 Å². The lowest BCUT2D eigenvalue weighted by molar-refractivity contribution is -0.384. The summed E-state index contributed by atoms with van der Waals surface area (Å²) in [6, 6.07) is 28.2. The number of nitro benzene ring substituents is 1. The van der Waals surface area contributed by atoms with Gasteiger partial charge in [0.25, 0.3) is 5.69 Å². The van der Waals surface area contributed by atoms with Gasteiger partial charge in [0.2, 0.25) is 0 Å². The van der Waals surface area contributed by atoms with Gasteiger partial charge in [0, 0.05) is 42.4 Å². The minimum atomic E-state index is -0.434. The van der Waals surface area contributed by atoms with E-state index in [2.05, 4.69) is 72.6 Å². The van der Waals surface area contributed by atoms with E-state index in [4.69, 9.17) is 0 Å². The quantitative estimate of drug-likeness (QED) is 0.192. The molecule has 43 heavy (non-hydrogen) atoms. The van der Waals surface area contributed by atoms with Crippen LogP contribution in [0.4, 0.5) is 17.1 Å². The van der Waals surface area contributed by atoms with Crippen LogP contribution < -0.4 is 10.2 Å². The Hall–Kier alpha value is -4.45. The highest BCUT2D eigenvalue weighted by Crippen LogP contribution is 2.52. The lowest BCUT2D eigenvalue weighted by Crippen LogP contribution is -2.35. The molecule has 0 aromatic heterocycles. The van der Waals surface area contributed by atoms with Crippen molar-refractivity contribution in [1.29, 1.82) is 0 Å². The molecule has 4 aromatic carbocycles. The lowest BCUT2D eigenvalue weighted by atomic mass is 9.68. The maximum Gasteiger partial charge on any atom is 0.292 e. The molecular weight excluding hydrogens is 534 g/mol. The largest absolute Gasteiger partial charge is 0.373 e. The SMILES string of the molecule is CC1(C)CC(=O)C2=C(C1)c1c(ccc3ccccc13)NC2c1ccc(N2CCC(Cc3ccccc3)CC2)c([N+](=O)[O-])c1. The van der Waals surface area contributed by atoms with Crippen molar-refractivity contribution in [2.24, 2.45) is 11.3 Å². The number of allylic oxidation sites excluding steroid dienone is 1. The van der Waals surface area contributed by atoms with Crippen LogP contribution in [0.3, 0.4) is 0 Å². The van der Waals surface area contributed by atoms with Gasteiger partial charge in [0.05, 0.1) is 11.0 Å². The average molecular weight is 572 g/mol. The fourth-order valence-corrected chi connectivity index (χ4v) is 7.55. The standard InChI is InChI=1S/C37H37N3O3/c1-37(2)22-29-34-28-11-7-6-10-26(28)12-14-30(34)38-36(35(29)33(41)23-37)27-13-15-31(32(21-27)40(42)43)39-18-16-25(17-19-39)20-24-8-4-3-5-9-24/h3-15,21,25,36,38H,16-20,22-23H2,1-2H3. The number of ketones is 1. The van der Waals surface area contributed by atoms with Gasteiger partial charge in [-0.3, -0.25) is 14.9 Å². The Labute approximate surface area is 252 Å². The zero-order valence-electron chi connectivity index (χ0n) is 24.8. The number of nitrogens with one attached hydrogen (secondary N) is 1. The van der Waals surface area contributed by atoms with Crippen LogP contribution in [-0.2, 0) is 11.2 Å². The highest BCUT2D eigenvalue weighted by molar-refractivity contribution is 6.12. The molecule has 1 aliphatic carbocycles. The molecule has 3 aliphatic rings. The first-order chi connectivity index (χ1) is 20.8. The Kier molecular flexibility index (Phi) is 6.80. The number of piperidine rings is 1. The number of carbonyl (C=O) groups excluding carboxylic acids is 1. The number of Topliss-reactive ketones (excluding diaryl/α,β-unsaturated/α-hetero) is 1. The first-order valence-corrected chi connectivity index (χ1v) is 15.4. The molecule has 6 nitrogen and oxygen atoms in total. The maximum atomic E-state index is 13.8. The summed E-state index contributed by atoms with van der Waals surface area (Å²) in [5, 5.41) is 18.4. The third-order valence-electron chi connectivity index (χ3n) is 9.59. The summed E-state index contributed by atoms with van der Waals surface area (Å²) in [4.78, 5) is 28.2. The van der Waals surface area contributed by atoms with E-state index < -0.39 is 6.04 Å². The number of hydrogen-bond donors (Lipinski definition) is 1. The zero-order chi connectivity index (χ0) is 29.7. The summed E-state index contributed by atoms with van der Waals surface area (Å²) >= 11 is 0. The average Bonchev–Trinajstić information content (AvgIpc) is 3.00. The van der Waals surface area contributed by atoms with Gasteiger partial charge >= 0.3 is 0 Å². The van der Waals surface area contributed by atoms with E-state index in [0.29, 0.717) is 18.0 Å². The highest BCUT2D eigenvalue weighted by atomic mass is 16.6. The number of fused-ring (bicyclic) bond motifs is 4. The topological polar surface area (TPSA) is 75.5 Å². The maximum absolute atomic E-state index is 13.8. The molecule has 1 saturated heterocycles. The normalized spacial score (nSPS) is 20.0. The lowest BCUT2D eigenvalue weighted by Gasteiger charge is -2.40. The zero-order valence-corrected chi connectivity index (χ0v) is 24.8. The fraction of sp³-hybridized carbons (Fsp3) is 0.324. The van der Waals surface area contributed by atoms with Gasteiger partial charge in [-0.2, -0.15) is 0 Å². The van der Waals surface area contributed by atoms with E-state index in [1.54, 1.807) is 6.07 Å². The molecule has 7 rings (SSSR count). The molecule has 0 spiro atoms. The van der Waals surface area contributed by atoms with Crippen LogP contribution in [0.2, 0.25) is 0 Å². The summed E-state index contributed by atoms with van der Waals surface area (Å²) in [5.74, 6) is 0.695. The van der Waals surface area contributed by atoms with Gasteiger partial charge in [0.1, 0.15) is 5.69 Å². The van der Waals surface area contributed by atoms with E-state index in [1.165, 1.54) is 5.56 Å². The van der Waals surface area contributed by atoms with Crippen LogP contribution >= 0.6 is 0 Å². The number of nitrogens with zero attached hydrogens (tertiary/aromatic N) is 2. The second kappa shape index (κ2) is 10.7. The van der Waals surface area contributed by atoms with Gasteiger partial charge in [-0.25, -0.2) is 0 Å². The number of rotatable bonds is 5. The van der Waals surface area contributed by atoms with Crippen molar-refractivity contribution in [2.75, 3.05) is 23.3 Å².